The van der Waals surface area contributed by atoms with E-state index in [1.54, 1.807) is 13.1 Å². The van der Waals surface area contributed by atoms with Crippen molar-refractivity contribution in [2.24, 2.45) is 0 Å². The SMILES string of the molecule is Cc1ccc(OC(C)C(=O)Nc2cc(-c3nc4cccnc4s3)ccc2C)c(C(C)(C)C)c1. The van der Waals surface area contributed by atoms with Crippen molar-refractivity contribution in [2.45, 2.75) is 53.1 Å². The number of thiazole rings is 1. The highest BCUT2D eigenvalue weighted by atomic mass is 32.1. The quantitative estimate of drug-likeness (QED) is 0.362. The number of amides is 1. The molecule has 2 aromatic carbocycles. The van der Waals surface area contributed by atoms with E-state index in [2.05, 4.69) is 49.0 Å². The summed E-state index contributed by atoms with van der Waals surface area (Å²) < 4.78 is 6.13. The van der Waals surface area contributed by atoms with Gasteiger partial charge in [-0.3, -0.25) is 4.79 Å². The van der Waals surface area contributed by atoms with Gasteiger partial charge in [-0.05, 0) is 61.6 Å². The van der Waals surface area contributed by atoms with Gasteiger partial charge in [-0.1, -0.05) is 61.9 Å². The summed E-state index contributed by atoms with van der Waals surface area (Å²) >= 11 is 1.54. The molecule has 170 valence electrons. The van der Waals surface area contributed by atoms with E-state index in [0.29, 0.717) is 0 Å². The molecule has 4 rings (SSSR count). The average molecular weight is 460 g/mol. The van der Waals surface area contributed by atoms with Crippen LogP contribution in [-0.2, 0) is 10.2 Å². The lowest BCUT2D eigenvalue weighted by molar-refractivity contribution is -0.122. The van der Waals surface area contributed by atoms with Gasteiger partial charge in [0.25, 0.3) is 5.91 Å². The molecule has 0 radical (unpaired) electrons. The number of hydrogen-bond donors (Lipinski definition) is 1. The predicted octanol–water partition coefficient (Wildman–Crippen LogP) is 6.68. The highest BCUT2D eigenvalue weighted by Gasteiger charge is 2.23. The minimum absolute atomic E-state index is 0.0887. The molecule has 2 aromatic heterocycles. The van der Waals surface area contributed by atoms with Crippen LogP contribution in [0, 0.1) is 13.8 Å². The number of carbonyl (C=O) groups excluding carboxylic acids is 1. The molecule has 0 aliphatic heterocycles. The summed E-state index contributed by atoms with van der Waals surface area (Å²) in [5.41, 5.74) is 5.71. The molecular formula is C27H29N3O2S. The van der Waals surface area contributed by atoms with Gasteiger partial charge in [0.15, 0.2) is 6.10 Å². The number of fused-ring (bicyclic) bond motifs is 1. The van der Waals surface area contributed by atoms with Crippen molar-refractivity contribution in [3.8, 4) is 16.3 Å². The predicted molar refractivity (Wildman–Crippen MR) is 136 cm³/mol. The molecule has 0 aliphatic rings. The van der Waals surface area contributed by atoms with Crippen LogP contribution in [0.25, 0.3) is 20.9 Å². The van der Waals surface area contributed by atoms with E-state index in [1.165, 1.54) is 16.9 Å². The van der Waals surface area contributed by atoms with Gasteiger partial charge < -0.3 is 10.1 Å². The first kappa shape index (κ1) is 22.9. The Morgan fingerprint density at radius 1 is 1.09 bits per heavy atom. The van der Waals surface area contributed by atoms with E-state index in [1.807, 2.05) is 49.4 Å². The number of anilines is 1. The lowest BCUT2D eigenvalue weighted by Gasteiger charge is -2.25. The van der Waals surface area contributed by atoms with Crippen LogP contribution in [0.2, 0.25) is 0 Å². The Morgan fingerprint density at radius 2 is 1.88 bits per heavy atom. The average Bonchev–Trinajstić information content (AvgIpc) is 3.20. The van der Waals surface area contributed by atoms with Gasteiger partial charge >= 0.3 is 0 Å². The fraction of sp³-hybridized carbons (Fsp3) is 0.296. The van der Waals surface area contributed by atoms with E-state index in [4.69, 9.17) is 4.74 Å². The molecule has 0 saturated carbocycles. The number of nitrogens with one attached hydrogen (secondary N) is 1. The summed E-state index contributed by atoms with van der Waals surface area (Å²) in [6.45, 7) is 12.2. The van der Waals surface area contributed by atoms with Crippen molar-refractivity contribution in [3.63, 3.8) is 0 Å². The molecule has 2 heterocycles. The summed E-state index contributed by atoms with van der Waals surface area (Å²) in [5, 5.41) is 3.91. The Hall–Kier alpha value is -3.25. The first-order valence-electron chi connectivity index (χ1n) is 11.0. The molecule has 5 nitrogen and oxygen atoms in total. The second-order valence-electron chi connectivity index (χ2n) is 9.38. The van der Waals surface area contributed by atoms with Crippen LogP contribution in [0.3, 0.4) is 0 Å². The van der Waals surface area contributed by atoms with Gasteiger partial charge in [-0.25, -0.2) is 9.97 Å². The smallest absolute Gasteiger partial charge is 0.265 e. The van der Waals surface area contributed by atoms with E-state index in [0.717, 1.165) is 43.5 Å². The molecular weight excluding hydrogens is 430 g/mol. The van der Waals surface area contributed by atoms with Crippen LogP contribution in [0.15, 0.2) is 54.7 Å². The maximum Gasteiger partial charge on any atom is 0.265 e. The zero-order valence-electron chi connectivity index (χ0n) is 19.9. The second-order valence-corrected chi connectivity index (χ2v) is 10.4. The first-order chi connectivity index (χ1) is 15.6. The van der Waals surface area contributed by atoms with Gasteiger partial charge in [0.2, 0.25) is 0 Å². The second kappa shape index (κ2) is 8.94. The standard InChI is InChI=1S/C27H29N3O2S/c1-16-9-12-23(20(14-16)27(4,5)6)32-18(3)24(31)29-22-15-19(11-10-17(22)2)25-30-21-8-7-13-28-26(21)33-25/h7-15,18H,1-6H3,(H,29,31). The van der Waals surface area contributed by atoms with Crippen molar-refractivity contribution >= 4 is 33.3 Å². The molecule has 0 saturated heterocycles. The first-order valence-corrected chi connectivity index (χ1v) is 11.8. The molecule has 0 bridgehead atoms. The van der Waals surface area contributed by atoms with Crippen LogP contribution in [0.4, 0.5) is 5.69 Å². The van der Waals surface area contributed by atoms with Crippen molar-refractivity contribution in [2.75, 3.05) is 5.32 Å². The number of aryl methyl sites for hydroxylation is 2. The van der Waals surface area contributed by atoms with E-state index < -0.39 is 6.10 Å². The number of carbonyl (C=O) groups is 1. The lowest BCUT2D eigenvalue weighted by atomic mass is 9.85. The monoisotopic (exact) mass is 459 g/mol. The molecule has 6 heteroatoms. The topological polar surface area (TPSA) is 64.1 Å². The maximum atomic E-state index is 13.0. The van der Waals surface area contributed by atoms with Crippen LogP contribution >= 0.6 is 11.3 Å². The number of hydrogen-bond acceptors (Lipinski definition) is 5. The lowest BCUT2D eigenvalue weighted by Crippen LogP contribution is -2.31. The number of nitrogens with zero attached hydrogens (tertiary/aromatic N) is 2. The van der Waals surface area contributed by atoms with Crippen molar-refractivity contribution in [1.29, 1.82) is 0 Å². The van der Waals surface area contributed by atoms with E-state index in [9.17, 15) is 4.79 Å². The van der Waals surface area contributed by atoms with Crippen LogP contribution in [0.1, 0.15) is 44.4 Å². The molecule has 1 atom stereocenters. The number of benzene rings is 2. The number of rotatable bonds is 5. The third-order valence-electron chi connectivity index (χ3n) is 5.52. The molecule has 4 aromatic rings. The highest BCUT2D eigenvalue weighted by molar-refractivity contribution is 7.21. The van der Waals surface area contributed by atoms with Gasteiger partial charge in [-0.2, -0.15) is 0 Å². The molecule has 33 heavy (non-hydrogen) atoms. The molecule has 1 unspecified atom stereocenters. The molecule has 1 N–H and O–H groups in total. The fourth-order valence-corrected chi connectivity index (χ4v) is 4.50. The number of aromatic nitrogens is 2. The van der Waals surface area contributed by atoms with Crippen molar-refractivity contribution < 1.29 is 9.53 Å². The Morgan fingerprint density at radius 3 is 2.61 bits per heavy atom. The third kappa shape index (κ3) is 5.06. The summed E-state index contributed by atoms with van der Waals surface area (Å²) in [4.78, 5) is 23.0. The fourth-order valence-electron chi connectivity index (χ4n) is 3.59. The Kier molecular flexibility index (Phi) is 6.21. The van der Waals surface area contributed by atoms with E-state index >= 15 is 0 Å². The zero-order valence-corrected chi connectivity index (χ0v) is 20.7. The van der Waals surface area contributed by atoms with Gasteiger partial charge in [-0.15, -0.1) is 0 Å². The van der Waals surface area contributed by atoms with Crippen LogP contribution < -0.4 is 10.1 Å². The summed E-state index contributed by atoms with van der Waals surface area (Å²) in [6, 6.07) is 15.9. The Balaban J connectivity index is 1.54. The summed E-state index contributed by atoms with van der Waals surface area (Å²) in [5.74, 6) is 0.546. The Bertz CT molecular complexity index is 1290. The third-order valence-corrected chi connectivity index (χ3v) is 6.55. The largest absolute Gasteiger partial charge is 0.481 e. The highest BCUT2D eigenvalue weighted by Crippen LogP contribution is 2.34. The normalized spacial score (nSPS) is 12.5. The molecule has 0 spiro atoms. The van der Waals surface area contributed by atoms with Crippen LogP contribution in [0.5, 0.6) is 5.75 Å². The van der Waals surface area contributed by atoms with Crippen LogP contribution in [-0.4, -0.2) is 22.0 Å². The minimum atomic E-state index is -0.650. The Labute approximate surface area is 198 Å². The maximum absolute atomic E-state index is 13.0. The van der Waals surface area contributed by atoms with Crippen molar-refractivity contribution in [3.05, 3.63) is 71.4 Å². The number of pyridine rings is 1. The van der Waals surface area contributed by atoms with Crippen molar-refractivity contribution in [1.82, 2.24) is 9.97 Å². The minimum Gasteiger partial charge on any atom is -0.481 e. The van der Waals surface area contributed by atoms with Gasteiger partial charge in [0, 0.05) is 17.4 Å². The molecule has 1 amide bonds. The summed E-state index contributed by atoms with van der Waals surface area (Å²) in [6.07, 6.45) is 1.12. The zero-order chi connectivity index (χ0) is 23.8. The summed E-state index contributed by atoms with van der Waals surface area (Å²) in [7, 11) is 0. The van der Waals surface area contributed by atoms with Gasteiger partial charge in [0.1, 0.15) is 21.1 Å². The van der Waals surface area contributed by atoms with Gasteiger partial charge in [0.05, 0.1) is 0 Å². The molecule has 0 fully saturated rings. The van der Waals surface area contributed by atoms with E-state index in [-0.39, 0.29) is 11.3 Å². The number of ether oxygens (including phenoxy) is 1. The molecule has 0 aliphatic carbocycles.